The molecule has 86 valence electrons. The molecule has 0 saturated heterocycles. The van der Waals surface area contributed by atoms with Crippen LogP contribution in [-0.4, -0.2) is 12.6 Å². The molecule has 2 nitrogen and oxygen atoms in total. The Labute approximate surface area is 96.5 Å². The molecule has 5 heteroatoms. The highest BCUT2D eigenvalue weighted by molar-refractivity contribution is 6.48. The zero-order valence-corrected chi connectivity index (χ0v) is 9.22. The second-order valence-electron chi connectivity index (χ2n) is 2.87. The fraction of sp³-hybridized carbons (Fsp3) is 0.182. The zero-order valence-electron chi connectivity index (χ0n) is 8.47. The van der Waals surface area contributed by atoms with E-state index in [0.29, 0.717) is 5.56 Å². The minimum Gasteiger partial charge on any atom is -0.462 e. The fourth-order valence-corrected chi connectivity index (χ4v) is 1.20. The Bertz CT molecular complexity index is 408. The van der Waals surface area contributed by atoms with Crippen molar-refractivity contribution in [3.63, 3.8) is 0 Å². The first kappa shape index (κ1) is 12.6. The maximum absolute atomic E-state index is 12.1. The summed E-state index contributed by atoms with van der Waals surface area (Å²) in [5, 5.41) is -0.615. The Hall–Kier alpha value is -1.42. The number of carbonyl (C=O) groups is 1. The summed E-state index contributed by atoms with van der Waals surface area (Å²) in [5.74, 6) is -0.491. The normalized spacial score (nSPS) is 9.75. The molecule has 0 fully saturated rings. The monoisotopic (exact) mass is 246 g/mol. The number of hydrogen-bond donors (Lipinski definition) is 0. The third-order valence-corrected chi connectivity index (χ3v) is 2.18. The molecule has 0 aliphatic carbocycles. The first-order valence-electron chi connectivity index (χ1n) is 4.54. The SMILES string of the molecule is CCOC(=O)c1ccc(C(Cl)=C(F)F)cc1. The lowest BCUT2D eigenvalue weighted by Crippen LogP contribution is -2.04. The molecule has 0 amide bonds. The molecule has 0 aromatic heterocycles. The van der Waals surface area contributed by atoms with Crippen LogP contribution in [0, 0.1) is 0 Å². The maximum atomic E-state index is 12.1. The number of benzene rings is 1. The number of hydrogen-bond acceptors (Lipinski definition) is 2. The minimum atomic E-state index is -1.95. The van der Waals surface area contributed by atoms with Crippen molar-refractivity contribution in [2.45, 2.75) is 6.92 Å². The molecule has 0 heterocycles. The van der Waals surface area contributed by atoms with Crippen molar-refractivity contribution in [3.05, 3.63) is 41.5 Å². The summed E-state index contributed by atoms with van der Waals surface area (Å²) in [5.41, 5.74) is 0.462. The van der Waals surface area contributed by atoms with Crippen LogP contribution in [0.5, 0.6) is 0 Å². The van der Waals surface area contributed by atoms with Gasteiger partial charge in [0.05, 0.1) is 12.2 Å². The smallest absolute Gasteiger partial charge is 0.338 e. The van der Waals surface area contributed by atoms with Gasteiger partial charge in [-0.2, -0.15) is 8.78 Å². The number of ether oxygens (including phenoxy) is 1. The lowest BCUT2D eigenvalue weighted by molar-refractivity contribution is 0.0526. The first-order valence-corrected chi connectivity index (χ1v) is 4.92. The first-order chi connectivity index (χ1) is 7.56. The zero-order chi connectivity index (χ0) is 12.1. The molecule has 0 saturated carbocycles. The third-order valence-electron chi connectivity index (χ3n) is 1.82. The molecule has 1 aromatic carbocycles. The summed E-state index contributed by atoms with van der Waals surface area (Å²) in [4.78, 5) is 11.2. The average molecular weight is 247 g/mol. The number of esters is 1. The predicted octanol–water partition coefficient (Wildman–Crippen LogP) is 3.67. The molecule has 0 bridgehead atoms. The molecule has 0 spiro atoms. The fourth-order valence-electron chi connectivity index (χ4n) is 1.08. The topological polar surface area (TPSA) is 26.3 Å². The van der Waals surface area contributed by atoms with Crippen LogP contribution in [0.25, 0.3) is 5.03 Å². The van der Waals surface area contributed by atoms with E-state index in [1.165, 1.54) is 24.3 Å². The Morgan fingerprint density at radius 3 is 2.19 bits per heavy atom. The summed E-state index contributed by atoms with van der Waals surface area (Å²) >= 11 is 5.35. The maximum Gasteiger partial charge on any atom is 0.338 e. The van der Waals surface area contributed by atoms with Gasteiger partial charge in [-0.25, -0.2) is 4.79 Å². The van der Waals surface area contributed by atoms with E-state index in [2.05, 4.69) is 0 Å². The van der Waals surface area contributed by atoms with E-state index in [0.717, 1.165) is 0 Å². The van der Waals surface area contributed by atoms with Gasteiger partial charge in [-0.3, -0.25) is 0 Å². The molecule has 0 aliphatic heterocycles. The van der Waals surface area contributed by atoms with Crippen LogP contribution in [0.4, 0.5) is 8.78 Å². The number of rotatable bonds is 3. The summed E-state index contributed by atoms with van der Waals surface area (Å²) in [6.45, 7) is 1.95. The van der Waals surface area contributed by atoms with Crippen molar-refractivity contribution < 1.29 is 18.3 Å². The summed E-state index contributed by atoms with van der Waals surface area (Å²) in [6, 6.07) is 5.46. The number of carbonyl (C=O) groups excluding carboxylic acids is 1. The van der Waals surface area contributed by atoms with Gasteiger partial charge in [-0.15, -0.1) is 0 Å². The van der Waals surface area contributed by atoms with Crippen LogP contribution in [0.2, 0.25) is 0 Å². The molecule has 16 heavy (non-hydrogen) atoms. The summed E-state index contributed by atoms with van der Waals surface area (Å²) < 4.78 is 29.0. The van der Waals surface area contributed by atoms with Gasteiger partial charge >= 0.3 is 5.97 Å². The molecule has 0 radical (unpaired) electrons. The highest BCUT2D eigenvalue weighted by Crippen LogP contribution is 2.24. The van der Waals surface area contributed by atoms with Gasteiger partial charge in [0.25, 0.3) is 6.08 Å². The van der Waals surface area contributed by atoms with Crippen LogP contribution in [0.1, 0.15) is 22.8 Å². The Kier molecular flexibility index (Phi) is 4.43. The molecule has 0 unspecified atom stereocenters. The van der Waals surface area contributed by atoms with Gasteiger partial charge in [-0.1, -0.05) is 23.7 Å². The van der Waals surface area contributed by atoms with Crippen molar-refractivity contribution in [1.82, 2.24) is 0 Å². The molecule has 1 aromatic rings. The van der Waals surface area contributed by atoms with Crippen molar-refractivity contribution in [1.29, 1.82) is 0 Å². The van der Waals surface area contributed by atoms with E-state index >= 15 is 0 Å². The van der Waals surface area contributed by atoms with E-state index in [1.54, 1.807) is 6.92 Å². The van der Waals surface area contributed by atoms with Gasteiger partial charge in [-0.05, 0) is 24.6 Å². The highest BCUT2D eigenvalue weighted by atomic mass is 35.5. The van der Waals surface area contributed by atoms with E-state index in [1.807, 2.05) is 0 Å². The van der Waals surface area contributed by atoms with Crippen molar-refractivity contribution in [2.24, 2.45) is 0 Å². The Morgan fingerprint density at radius 2 is 1.75 bits per heavy atom. The van der Waals surface area contributed by atoms with Gasteiger partial charge in [0.2, 0.25) is 0 Å². The van der Waals surface area contributed by atoms with Crippen LogP contribution in [-0.2, 0) is 4.74 Å². The van der Waals surface area contributed by atoms with E-state index < -0.39 is 17.1 Å². The second kappa shape index (κ2) is 5.61. The molecule has 0 N–H and O–H groups in total. The van der Waals surface area contributed by atoms with E-state index in [-0.39, 0.29) is 12.2 Å². The highest BCUT2D eigenvalue weighted by Gasteiger charge is 2.09. The largest absolute Gasteiger partial charge is 0.462 e. The van der Waals surface area contributed by atoms with E-state index in [9.17, 15) is 13.6 Å². The van der Waals surface area contributed by atoms with Crippen molar-refractivity contribution >= 4 is 22.6 Å². The van der Waals surface area contributed by atoms with Gasteiger partial charge in [0.15, 0.2) is 0 Å². The Morgan fingerprint density at radius 1 is 1.25 bits per heavy atom. The van der Waals surface area contributed by atoms with Crippen molar-refractivity contribution in [2.75, 3.05) is 6.61 Å². The summed E-state index contributed by atoms with van der Waals surface area (Å²) in [7, 11) is 0. The van der Waals surface area contributed by atoms with E-state index in [4.69, 9.17) is 16.3 Å². The minimum absolute atomic E-state index is 0.162. The van der Waals surface area contributed by atoms with Gasteiger partial charge < -0.3 is 4.74 Å². The lowest BCUT2D eigenvalue weighted by atomic mass is 10.1. The average Bonchev–Trinajstić information content (AvgIpc) is 2.28. The molecule has 0 aliphatic rings. The quantitative estimate of drug-likeness (QED) is 0.761. The second-order valence-corrected chi connectivity index (χ2v) is 3.25. The number of halogens is 3. The van der Waals surface area contributed by atoms with Crippen LogP contribution >= 0.6 is 11.6 Å². The third kappa shape index (κ3) is 3.03. The van der Waals surface area contributed by atoms with Crippen LogP contribution in [0.3, 0.4) is 0 Å². The summed E-state index contributed by atoms with van der Waals surface area (Å²) in [6.07, 6.45) is -1.95. The molecule has 1 rings (SSSR count). The van der Waals surface area contributed by atoms with Crippen LogP contribution < -0.4 is 0 Å². The lowest BCUT2D eigenvalue weighted by Gasteiger charge is -2.02. The molecular weight excluding hydrogens is 238 g/mol. The molecular formula is C11H9ClF2O2. The predicted molar refractivity (Wildman–Crippen MR) is 57.4 cm³/mol. The Balaban J connectivity index is 2.92. The molecule has 0 atom stereocenters. The standard InChI is InChI=1S/C11H9ClF2O2/c1-2-16-11(15)8-5-3-7(4-6-8)9(12)10(13)14/h3-6H,2H2,1H3. The van der Waals surface area contributed by atoms with Gasteiger partial charge in [0, 0.05) is 0 Å². The van der Waals surface area contributed by atoms with Gasteiger partial charge in [0.1, 0.15) is 5.03 Å². The van der Waals surface area contributed by atoms with Crippen LogP contribution in [0.15, 0.2) is 30.3 Å². The van der Waals surface area contributed by atoms with Crippen molar-refractivity contribution in [3.8, 4) is 0 Å².